The van der Waals surface area contributed by atoms with Gasteiger partial charge in [0.05, 0.1) is 12.8 Å². The first kappa shape index (κ1) is 12.1. The van der Waals surface area contributed by atoms with Crippen LogP contribution in [-0.4, -0.2) is 12.8 Å². The molecule has 0 aliphatic carbocycles. The predicted octanol–water partition coefficient (Wildman–Crippen LogP) is 3.77. The molecule has 0 aliphatic heterocycles. The van der Waals surface area contributed by atoms with E-state index in [4.69, 9.17) is 0 Å². The molecule has 0 N–H and O–H groups in total. The van der Waals surface area contributed by atoms with Crippen LogP contribution in [0.4, 0.5) is 4.20 Å². The lowest BCUT2D eigenvalue weighted by atomic mass is 10.2. The number of hydrogen-bond donors (Lipinski definition) is 0. The fraction of sp³-hybridized carbons (Fsp3) is 1.00. The van der Waals surface area contributed by atoms with E-state index in [1.807, 2.05) is 0 Å². The molecule has 2 nitrogen and oxygen atoms in total. The first-order chi connectivity index (χ1) is 5.62. The van der Waals surface area contributed by atoms with Crippen molar-refractivity contribution in [2.24, 2.45) is 0 Å². The van der Waals surface area contributed by atoms with Crippen LogP contribution in [0.15, 0.2) is 0 Å². The van der Waals surface area contributed by atoms with Crippen molar-refractivity contribution >= 4 is 7.68 Å². The van der Waals surface area contributed by atoms with Gasteiger partial charge in [-0.05, 0) is 6.42 Å². The van der Waals surface area contributed by atoms with Crippen LogP contribution >= 0.6 is 7.68 Å². The van der Waals surface area contributed by atoms with Gasteiger partial charge in [-0.2, -0.15) is 4.20 Å². The van der Waals surface area contributed by atoms with E-state index in [-0.39, 0.29) is 6.16 Å². The Balaban J connectivity index is 3.25. The summed E-state index contributed by atoms with van der Waals surface area (Å²) in [7, 11) is -3.72. The largest absolute Gasteiger partial charge is 0.367 e. The Morgan fingerprint density at radius 2 is 1.92 bits per heavy atom. The quantitative estimate of drug-likeness (QED) is 0.457. The van der Waals surface area contributed by atoms with Gasteiger partial charge in [0.15, 0.2) is 0 Å². The van der Waals surface area contributed by atoms with Crippen LogP contribution in [-0.2, 0) is 9.09 Å². The van der Waals surface area contributed by atoms with Crippen LogP contribution in [0.25, 0.3) is 0 Å². The number of rotatable bonds is 7. The zero-order valence-electron chi connectivity index (χ0n) is 7.88. The summed E-state index contributed by atoms with van der Waals surface area (Å²) in [5.41, 5.74) is 0. The molecule has 0 aromatic carbocycles. The minimum atomic E-state index is -3.72. The maximum atomic E-state index is 12.7. The minimum absolute atomic E-state index is 0.0131. The normalized spacial score (nSPS) is 15.9. The number of unbranched alkanes of at least 4 members (excludes halogenated alkanes) is 3. The number of halogens is 1. The van der Waals surface area contributed by atoms with Gasteiger partial charge in [0.2, 0.25) is 0 Å². The van der Waals surface area contributed by atoms with Crippen LogP contribution in [0.1, 0.15) is 39.5 Å². The van der Waals surface area contributed by atoms with Crippen molar-refractivity contribution in [3.8, 4) is 0 Å². The minimum Gasteiger partial charge on any atom is -0.306 e. The highest BCUT2D eigenvalue weighted by atomic mass is 31.2. The average molecular weight is 196 g/mol. The van der Waals surface area contributed by atoms with E-state index in [2.05, 4.69) is 11.4 Å². The summed E-state index contributed by atoms with van der Waals surface area (Å²) in [5, 5.41) is 0. The molecule has 0 rings (SSSR count). The summed E-state index contributed by atoms with van der Waals surface area (Å²) >= 11 is 0. The van der Waals surface area contributed by atoms with E-state index >= 15 is 0 Å². The van der Waals surface area contributed by atoms with Crippen molar-refractivity contribution in [1.29, 1.82) is 0 Å². The second-order valence-corrected chi connectivity index (χ2v) is 4.87. The van der Waals surface area contributed by atoms with Gasteiger partial charge in [-0.1, -0.05) is 33.1 Å². The van der Waals surface area contributed by atoms with Crippen molar-refractivity contribution < 1.29 is 13.3 Å². The van der Waals surface area contributed by atoms with Crippen LogP contribution in [0.3, 0.4) is 0 Å². The number of hydrogen-bond acceptors (Lipinski definition) is 2. The van der Waals surface area contributed by atoms with Crippen molar-refractivity contribution in [1.82, 2.24) is 0 Å². The maximum Gasteiger partial charge on any atom is 0.367 e. The molecule has 0 aliphatic rings. The molecule has 12 heavy (non-hydrogen) atoms. The van der Waals surface area contributed by atoms with Crippen LogP contribution in [0.2, 0.25) is 0 Å². The van der Waals surface area contributed by atoms with Gasteiger partial charge in [-0.15, -0.1) is 0 Å². The standard InChI is InChI=1S/C8H18FO2P/c1-3-5-6-7-8-11-12(9,10)4-2/h3-8H2,1-2H3. The summed E-state index contributed by atoms with van der Waals surface area (Å²) in [6.07, 6.45) is 4.09. The van der Waals surface area contributed by atoms with E-state index in [1.54, 1.807) is 0 Å². The van der Waals surface area contributed by atoms with E-state index in [1.165, 1.54) is 6.92 Å². The van der Waals surface area contributed by atoms with Crippen molar-refractivity contribution in [3.63, 3.8) is 0 Å². The van der Waals surface area contributed by atoms with E-state index < -0.39 is 7.68 Å². The highest BCUT2D eigenvalue weighted by Gasteiger charge is 2.17. The highest BCUT2D eigenvalue weighted by molar-refractivity contribution is 7.53. The molecule has 0 spiro atoms. The molecule has 0 aromatic heterocycles. The van der Waals surface area contributed by atoms with Gasteiger partial charge >= 0.3 is 7.68 Å². The topological polar surface area (TPSA) is 26.3 Å². The van der Waals surface area contributed by atoms with E-state index in [0.29, 0.717) is 6.61 Å². The van der Waals surface area contributed by atoms with Gasteiger partial charge in [0, 0.05) is 0 Å². The maximum absolute atomic E-state index is 12.7. The summed E-state index contributed by atoms with van der Waals surface area (Å²) in [5.74, 6) is 0. The first-order valence-corrected chi connectivity index (χ1v) is 6.25. The fourth-order valence-corrected chi connectivity index (χ4v) is 1.41. The second-order valence-electron chi connectivity index (χ2n) is 2.80. The van der Waals surface area contributed by atoms with E-state index in [9.17, 15) is 8.76 Å². The molecule has 1 atom stereocenters. The average Bonchev–Trinajstić information content (AvgIpc) is 2.04. The Kier molecular flexibility index (Phi) is 6.68. The lowest BCUT2D eigenvalue weighted by Gasteiger charge is -2.06. The van der Waals surface area contributed by atoms with Crippen LogP contribution < -0.4 is 0 Å². The first-order valence-electron chi connectivity index (χ1n) is 4.55. The fourth-order valence-electron chi connectivity index (χ4n) is 0.821. The Labute approximate surface area is 74.1 Å². The molecular formula is C8H18FO2P. The summed E-state index contributed by atoms with van der Waals surface area (Å²) in [6.45, 7) is 3.93. The van der Waals surface area contributed by atoms with E-state index in [0.717, 1.165) is 25.7 Å². The monoisotopic (exact) mass is 196 g/mol. The molecule has 1 unspecified atom stereocenters. The van der Waals surface area contributed by atoms with Crippen molar-refractivity contribution in [3.05, 3.63) is 0 Å². The lowest BCUT2D eigenvalue weighted by Crippen LogP contribution is -1.91. The van der Waals surface area contributed by atoms with Gasteiger partial charge < -0.3 is 4.52 Å². The summed E-state index contributed by atoms with van der Waals surface area (Å²) in [6, 6.07) is 0. The molecule has 0 aromatic rings. The molecule has 4 heteroatoms. The van der Waals surface area contributed by atoms with Crippen molar-refractivity contribution in [2.45, 2.75) is 39.5 Å². The van der Waals surface area contributed by atoms with Gasteiger partial charge in [0.25, 0.3) is 0 Å². The molecule has 0 radical (unpaired) electrons. The molecule has 0 saturated carbocycles. The molecular weight excluding hydrogens is 178 g/mol. The van der Waals surface area contributed by atoms with Crippen molar-refractivity contribution in [2.75, 3.05) is 12.8 Å². The third-order valence-electron chi connectivity index (χ3n) is 1.66. The summed E-state index contributed by atoms with van der Waals surface area (Å²) in [4.78, 5) is 0. The highest BCUT2D eigenvalue weighted by Crippen LogP contribution is 2.47. The van der Waals surface area contributed by atoms with Gasteiger partial charge in [-0.25, -0.2) is 0 Å². The zero-order valence-corrected chi connectivity index (χ0v) is 8.78. The Hall–Kier alpha value is 0.120. The Bertz CT molecular complexity index is 150. The van der Waals surface area contributed by atoms with Gasteiger partial charge in [-0.3, -0.25) is 4.57 Å². The zero-order chi connectivity index (χ0) is 9.45. The molecule has 0 fully saturated rings. The van der Waals surface area contributed by atoms with Crippen LogP contribution in [0, 0.1) is 0 Å². The third kappa shape index (κ3) is 6.81. The Morgan fingerprint density at radius 3 is 2.42 bits per heavy atom. The smallest absolute Gasteiger partial charge is 0.306 e. The van der Waals surface area contributed by atoms with Crippen LogP contribution in [0.5, 0.6) is 0 Å². The predicted molar refractivity (Wildman–Crippen MR) is 49.3 cm³/mol. The third-order valence-corrected chi connectivity index (χ3v) is 2.98. The summed E-state index contributed by atoms with van der Waals surface area (Å²) < 4.78 is 28.0. The molecule has 0 heterocycles. The Morgan fingerprint density at radius 1 is 1.25 bits per heavy atom. The van der Waals surface area contributed by atoms with Gasteiger partial charge in [0.1, 0.15) is 0 Å². The SMILES string of the molecule is CCCCCCOP(=O)(F)CC. The second kappa shape index (κ2) is 6.62. The molecule has 0 amide bonds. The molecule has 0 saturated heterocycles. The molecule has 74 valence electrons. The molecule has 0 bridgehead atoms. The lowest BCUT2D eigenvalue weighted by molar-refractivity contribution is 0.279.